The van der Waals surface area contributed by atoms with Gasteiger partial charge in [0.1, 0.15) is 23.9 Å². The molecule has 0 saturated heterocycles. The number of aliphatic imine (C=N–C) groups is 1. The number of nitrogens with one attached hydrogen (secondary N) is 2. The van der Waals surface area contributed by atoms with Gasteiger partial charge in [-0.25, -0.2) is 4.99 Å². The zero-order chi connectivity index (χ0) is 18.6. The number of halogens is 1. The van der Waals surface area contributed by atoms with Crippen molar-refractivity contribution in [1.29, 1.82) is 0 Å². The minimum Gasteiger partial charge on any atom is -0.497 e. The van der Waals surface area contributed by atoms with Gasteiger partial charge in [-0.1, -0.05) is 18.2 Å². The van der Waals surface area contributed by atoms with E-state index in [1.165, 1.54) is 0 Å². The summed E-state index contributed by atoms with van der Waals surface area (Å²) in [4.78, 5) is 4.61. The fourth-order valence-electron chi connectivity index (χ4n) is 2.34. The second-order valence-corrected chi connectivity index (χ2v) is 5.46. The number of benzene rings is 2. The molecule has 2 rings (SSSR count). The van der Waals surface area contributed by atoms with Gasteiger partial charge in [-0.05, 0) is 31.2 Å². The van der Waals surface area contributed by atoms with E-state index in [0.717, 1.165) is 35.3 Å². The van der Waals surface area contributed by atoms with E-state index in [4.69, 9.17) is 14.2 Å². The Bertz CT molecular complexity index is 696. The van der Waals surface area contributed by atoms with Crippen molar-refractivity contribution in [2.45, 2.75) is 13.5 Å². The molecule has 0 aromatic heterocycles. The lowest BCUT2D eigenvalue weighted by molar-refractivity contribution is 0.322. The molecule has 0 fully saturated rings. The van der Waals surface area contributed by atoms with Crippen LogP contribution < -0.4 is 24.8 Å². The molecule has 7 heteroatoms. The van der Waals surface area contributed by atoms with Crippen LogP contribution in [0.3, 0.4) is 0 Å². The third-order valence-electron chi connectivity index (χ3n) is 3.65. The van der Waals surface area contributed by atoms with E-state index < -0.39 is 0 Å². The van der Waals surface area contributed by atoms with E-state index in [0.29, 0.717) is 19.7 Å². The molecule has 2 aromatic rings. The van der Waals surface area contributed by atoms with Crippen LogP contribution in [0.2, 0.25) is 0 Å². The Morgan fingerprint density at radius 1 is 0.963 bits per heavy atom. The molecule has 0 aliphatic rings. The third-order valence-corrected chi connectivity index (χ3v) is 3.65. The molecule has 0 aliphatic carbocycles. The van der Waals surface area contributed by atoms with Crippen LogP contribution in [-0.4, -0.2) is 39.9 Å². The molecule has 2 aromatic carbocycles. The predicted molar refractivity (Wildman–Crippen MR) is 120 cm³/mol. The average Bonchev–Trinajstić information content (AvgIpc) is 2.69. The van der Waals surface area contributed by atoms with Gasteiger partial charge in [-0.2, -0.15) is 0 Å². The van der Waals surface area contributed by atoms with Gasteiger partial charge in [0.15, 0.2) is 5.96 Å². The van der Waals surface area contributed by atoms with Crippen molar-refractivity contribution in [3.63, 3.8) is 0 Å². The summed E-state index contributed by atoms with van der Waals surface area (Å²) < 4.78 is 16.3. The Labute approximate surface area is 178 Å². The Balaban J connectivity index is 0.00000364. The first kappa shape index (κ1) is 22.9. The summed E-state index contributed by atoms with van der Waals surface area (Å²) in [5, 5.41) is 6.50. The maximum atomic E-state index is 5.68. The monoisotopic (exact) mass is 485 g/mol. The lowest BCUT2D eigenvalue weighted by Gasteiger charge is -2.13. The van der Waals surface area contributed by atoms with Crippen LogP contribution in [0.15, 0.2) is 53.5 Å². The van der Waals surface area contributed by atoms with Crippen LogP contribution in [0, 0.1) is 0 Å². The second-order valence-electron chi connectivity index (χ2n) is 5.46. The average molecular weight is 485 g/mol. The number of nitrogens with zero attached hydrogens (tertiary/aromatic N) is 1. The molecular weight excluding hydrogens is 457 g/mol. The van der Waals surface area contributed by atoms with Crippen LogP contribution in [0.5, 0.6) is 17.2 Å². The summed E-state index contributed by atoms with van der Waals surface area (Å²) in [7, 11) is 3.28. The van der Waals surface area contributed by atoms with Crippen LogP contribution in [0.25, 0.3) is 0 Å². The highest BCUT2D eigenvalue weighted by Crippen LogP contribution is 2.25. The van der Waals surface area contributed by atoms with Gasteiger partial charge >= 0.3 is 0 Å². The quantitative estimate of drug-likeness (QED) is 0.247. The molecule has 0 bridgehead atoms. The van der Waals surface area contributed by atoms with Crippen molar-refractivity contribution in [1.82, 2.24) is 10.6 Å². The number of guanidine groups is 1. The number of methoxy groups -OCH3 is 2. The van der Waals surface area contributed by atoms with Crippen molar-refractivity contribution >= 4 is 29.9 Å². The molecule has 0 radical (unpaired) electrons. The molecule has 0 amide bonds. The van der Waals surface area contributed by atoms with Gasteiger partial charge < -0.3 is 24.8 Å². The van der Waals surface area contributed by atoms with E-state index in [-0.39, 0.29) is 24.0 Å². The predicted octanol–water partition coefficient (Wildman–Crippen LogP) is 3.46. The largest absolute Gasteiger partial charge is 0.497 e. The van der Waals surface area contributed by atoms with E-state index in [1.807, 2.05) is 55.5 Å². The van der Waals surface area contributed by atoms with Gasteiger partial charge in [0.2, 0.25) is 0 Å². The summed E-state index contributed by atoms with van der Waals surface area (Å²) in [5.41, 5.74) is 0.992. The fraction of sp³-hybridized carbons (Fsp3) is 0.350. The standard InChI is InChI=1S/C20H27N3O3.HI/c1-4-21-20(22-12-13-26-17-8-6-5-7-9-17)23-15-16-10-11-18(24-2)14-19(16)25-3;/h5-11,14H,4,12-13,15H2,1-3H3,(H2,21,22,23);1H. The minimum absolute atomic E-state index is 0. The lowest BCUT2D eigenvalue weighted by atomic mass is 10.2. The maximum absolute atomic E-state index is 5.68. The molecule has 0 atom stereocenters. The Hall–Kier alpha value is -2.16. The van der Waals surface area contributed by atoms with E-state index in [2.05, 4.69) is 15.6 Å². The first-order valence-corrected chi connectivity index (χ1v) is 8.67. The molecule has 6 nitrogen and oxygen atoms in total. The Morgan fingerprint density at radius 3 is 2.41 bits per heavy atom. The minimum atomic E-state index is 0. The number of hydrogen-bond donors (Lipinski definition) is 2. The summed E-state index contributed by atoms with van der Waals surface area (Å²) >= 11 is 0. The molecule has 0 spiro atoms. The van der Waals surface area contributed by atoms with E-state index in [1.54, 1.807) is 14.2 Å². The van der Waals surface area contributed by atoms with Crippen LogP contribution in [0.1, 0.15) is 12.5 Å². The first-order valence-electron chi connectivity index (χ1n) is 8.67. The summed E-state index contributed by atoms with van der Waals surface area (Å²) in [6.45, 7) is 4.53. The van der Waals surface area contributed by atoms with Crippen LogP contribution in [0.4, 0.5) is 0 Å². The number of hydrogen-bond acceptors (Lipinski definition) is 4. The van der Waals surface area contributed by atoms with Crippen LogP contribution in [-0.2, 0) is 6.54 Å². The van der Waals surface area contributed by atoms with Crippen LogP contribution >= 0.6 is 24.0 Å². The second kappa shape index (κ2) is 13.1. The zero-order valence-corrected chi connectivity index (χ0v) is 18.4. The topological polar surface area (TPSA) is 64.1 Å². The van der Waals surface area contributed by atoms with Crippen molar-refractivity contribution in [2.24, 2.45) is 4.99 Å². The highest BCUT2D eigenvalue weighted by Gasteiger charge is 2.05. The zero-order valence-electron chi connectivity index (χ0n) is 16.0. The Kier molecular flexibility index (Phi) is 11.1. The molecule has 2 N–H and O–H groups in total. The summed E-state index contributed by atoms with van der Waals surface area (Å²) in [6.07, 6.45) is 0. The van der Waals surface area contributed by atoms with Crippen molar-refractivity contribution in [3.05, 3.63) is 54.1 Å². The summed E-state index contributed by atoms with van der Waals surface area (Å²) in [5.74, 6) is 3.12. The first-order chi connectivity index (χ1) is 12.8. The lowest BCUT2D eigenvalue weighted by Crippen LogP contribution is -2.39. The molecule has 0 heterocycles. The smallest absolute Gasteiger partial charge is 0.191 e. The number of para-hydroxylation sites is 1. The van der Waals surface area contributed by atoms with Crippen molar-refractivity contribution in [3.8, 4) is 17.2 Å². The SMILES string of the molecule is CCNC(=NCc1ccc(OC)cc1OC)NCCOc1ccccc1.I. The molecule has 0 unspecified atom stereocenters. The van der Waals surface area contributed by atoms with Gasteiger partial charge in [-0.3, -0.25) is 0 Å². The van der Waals surface area contributed by atoms with Gasteiger partial charge in [0, 0.05) is 18.2 Å². The summed E-state index contributed by atoms with van der Waals surface area (Å²) in [6, 6.07) is 15.5. The molecule has 0 aliphatic heterocycles. The fourth-order valence-corrected chi connectivity index (χ4v) is 2.34. The van der Waals surface area contributed by atoms with E-state index >= 15 is 0 Å². The highest BCUT2D eigenvalue weighted by molar-refractivity contribution is 14.0. The normalized spacial score (nSPS) is 10.6. The van der Waals surface area contributed by atoms with Gasteiger partial charge in [0.05, 0.1) is 27.3 Å². The molecule has 148 valence electrons. The third kappa shape index (κ3) is 7.94. The molecular formula is C20H28IN3O3. The highest BCUT2D eigenvalue weighted by atomic mass is 127. The number of rotatable bonds is 9. The van der Waals surface area contributed by atoms with Crippen molar-refractivity contribution < 1.29 is 14.2 Å². The maximum Gasteiger partial charge on any atom is 0.191 e. The molecule has 0 saturated carbocycles. The molecule has 27 heavy (non-hydrogen) atoms. The Morgan fingerprint density at radius 2 is 1.74 bits per heavy atom. The van der Waals surface area contributed by atoms with Gasteiger partial charge in [0.25, 0.3) is 0 Å². The van der Waals surface area contributed by atoms with E-state index in [9.17, 15) is 0 Å². The van der Waals surface area contributed by atoms with Crippen molar-refractivity contribution in [2.75, 3.05) is 33.9 Å². The van der Waals surface area contributed by atoms with Gasteiger partial charge in [-0.15, -0.1) is 24.0 Å². The number of ether oxygens (including phenoxy) is 3.